The molecule has 1 aromatic heterocycles. The SMILES string of the molecule is CCOc1ccc2oc(CI)cc2c1. The molecular weight excluding hydrogens is 291 g/mol. The van der Waals surface area contributed by atoms with Crippen molar-refractivity contribution in [3.8, 4) is 5.75 Å². The Balaban J connectivity index is 2.43. The molecule has 3 heteroatoms. The topological polar surface area (TPSA) is 22.4 Å². The van der Waals surface area contributed by atoms with Gasteiger partial charge in [-0.05, 0) is 31.2 Å². The van der Waals surface area contributed by atoms with Gasteiger partial charge in [0.2, 0.25) is 0 Å². The smallest absolute Gasteiger partial charge is 0.134 e. The fourth-order valence-corrected chi connectivity index (χ4v) is 1.77. The molecule has 1 heterocycles. The summed E-state index contributed by atoms with van der Waals surface area (Å²) in [5, 5.41) is 1.11. The van der Waals surface area contributed by atoms with E-state index >= 15 is 0 Å². The quantitative estimate of drug-likeness (QED) is 0.636. The van der Waals surface area contributed by atoms with Gasteiger partial charge in [-0.15, -0.1) is 0 Å². The van der Waals surface area contributed by atoms with E-state index in [-0.39, 0.29) is 0 Å². The molecule has 2 aromatic rings. The average Bonchev–Trinajstić information content (AvgIpc) is 2.60. The van der Waals surface area contributed by atoms with Gasteiger partial charge >= 0.3 is 0 Å². The van der Waals surface area contributed by atoms with E-state index in [1.165, 1.54) is 0 Å². The van der Waals surface area contributed by atoms with Crippen molar-refractivity contribution < 1.29 is 9.15 Å². The van der Waals surface area contributed by atoms with Crippen LogP contribution >= 0.6 is 22.6 Å². The Labute approximate surface area is 96.4 Å². The lowest BCUT2D eigenvalue weighted by Crippen LogP contribution is -1.89. The third-order valence-corrected chi connectivity index (χ3v) is 2.73. The highest BCUT2D eigenvalue weighted by Gasteiger charge is 2.03. The second kappa shape index (κ2) is 4.21. The van der Waals surface area contributed by atoms with Crippen molar-refractivity contribution in [3.05, 3.63) is 30.0 Å². The van der Waals surface area contributed by atoms with Gasteiger partial charge < -0.3 is 9.15 Å². The number of benzene rings is 1. The molecule has 2 nitrogen and oxygen atoms in total. The van der Waals surface area contributed by atoms with Gasteiger partial charge in [0.1, 0.15) is 17.1 Å². The summed E-state index contributed by atoms with van der Waals surface area (Å²) in [6.45, 7) is 2.68. The molecule has 74 valence electrons. The van der Waals surface area contributed by atoms with Crippen molar-refractivity contribution in [2.24, 2.45) is 0 Å². The average molecular weight is 302 g/mol. The van der Waals surface area contributed by atoms with Gasteiger partial charge in [-0.3, -0.25) is 0 Å². The van der Waals surface area contributed by atoms with E-state index in [0.29, 0.717) is 6.61 Å². The zero-order valence-corrected chi connectivity index (χ0v) is 10.1. The molecular formula is C11H11IO2. The lowest BCUT2D eigenvalue weighted by Gasteiger charge is -2.00. The van der Waals surface area contributed by atoms with Crippen LogP contribution in [0.3, 0.4) is 0 Å². The van der Waals surface area contributed by atoms with Crippen molar-refractivity contribution in [2.75, 3.05) is 6.61 Å². The van der Waals surface area contributed by atoms with E-state index in [2.05, 4.69) is 28.7 Å². The monoisotopic (exact) mass is 302 g/mol. The number of hydrogen-bond donors (Lipinski definition) is 0. The van der Waals surface area contributed by atoms with E-state index in [1.54, 1.807) is 0 Å². The van der Waals surface area contributed by atoms with Crippen molar-refractivity contribution in [3.63, 3.8) is 0 Å². The summed E-state index contributed by atoms with van der Waals surface area (Å²) in [5.74, 6) is 1.91. The maximum atomic E-state index is 5.59. The first kappa shape index (κ1) is 9.83. The number of ether oxygens (including phenoxy) is 1. The molecule has 0 radical (unpaired) electrons. The number of halogens is 1. The molecule has 2 rings (SSSR count). The predicted molar refractivity (Wildman–Crippen MR) is 65.1 cm³/mol. The maximum Gasteiger partial charge on any atom is 0.134 e. The summed E-state index contributed by atoms with van der Waals surface area (Å²) in [4.78, 5) is 0. The van der Waals surface area contributed by atoms with E-state index in [1.807, 2.05) is 25.1 Å². The number of furan rings is 1. The summed E-state index contributed by atoms with van der Waals surface area (Å²) >= 11 is 2.29. The zero-order valence-electron chi connectivity index (χ0n) is 7.92. The molecule has 0 fully saturated rings. The third kappa shape index (κ3) is 1.87. The Morgan fingerprint density at radius 2 is 2.21 bits per heavy atom. The number of rotatable bonds is 3. The number of fused-ring (bicyclic) bond motifs is 1. The summed E-state index contributed by atoms with van der Waals surface area (Å²) in [7, 11) is 0. The number of alkyl halides is 1. The van der Waals surface area contributed by atoms with Crippen LogP contribution in [0.4, 0.5) is 0 Å². The van der Waals surface area contributed by atoms with Crippen molar-refractivity contribution in [1.29, 1.82) is 0 Å². The van der Waals surface area contributed by atoms with Crippen LogP contribution in [0.25, 0.3) is 11.0 Å². The highest BCUT2D eigenvalue weighted by Crippen LogP contribution is 2.25. The van der Waals surface area contributed by atoms with Gasteiger partial charge in [-0.2, -0.15) is 0 Å². The van der Waals surface area contributed by atoms with Crippen LogP contribution < -0.4 is 4.74 Å². The molecule has 0 aliphatic rings. The molecule has 0 aliphatic carbocycles. The fraction of sp³-hybridized carbons (Fsp3) is 0.273. The van der Waals surface area contributed by atoms with Crippen LogP contribution in [0.2, 0.25) is 0 Å². The summed E-state index contributed by atoms with van der Waals surface area (Å²) < 4.78 is 11.9. The van der Waals surface area contributed by atoms with Gasteiger partial charge in [-0.25, -0.2) is 0 Å². The van der Waals surface area contributed by atoms with Gasteiger partial charge in [0.15, 0.2) is 0 Å². The summed E-state index contributed by atoms with van der Waals surface area (Å²) in [5.41, 5.74) is 0.931. The van der Waals surface area contributed by atoms with Gasteiger partial charge in [0, 0.05) is 5.39 Å². The fourth-order valence-electron chi connectivity index (χ4n) is 1.40. The second-order valence-electron chi connectivity index (χ2n) is 2.98. The largest absolute Gasteiger partial charge is 0.494 e. The van der Waals surface area contributed by atoms with Crippen LogP contribution in [0, 0.1) is 0 Å². The van der Waals surface area contributed by atoms with E-state index in [4.69, 9.17) is 9.15 Å². The van der Waals surface area contributed by atoms with Gasteiger partial charge in [0.05, 0.1) is 11.0 Å². The second-order valence-corrected chi connectivity index (χ2v) is 3.74. The molecule has 0 saturated heterocycles. The minimum absolute atomic E-state index is 0.697. The van der Waals surface area contributed by atoms with Crippen LogP contribution in [-0.4, -0.2) is 6.61 Å². The van der Waals surface area contributed by atoms with Crippen LogP contribution in [-0.2, 0) is 4.43 Å². The summed E-state index contributed by atoms with van der Waals surface area (Å²) in [6.07, 6.45) is 0. The van der Waals surface area contributed by atoms with Crippen LogP contribution in [0.15, 0.2) is 28.7 Å². The molecule has 0 unspecified atom stereocenters. The van der Waals surface area contributed by atoms with Gasteiger partial charge in [0.25, 0.3) is 0 Å². The van der Waals surface area contributed by atoms with E-state index in [0.717, 1.165) is 26.9 Å². The van der Waals surface area contributed by atoms with Crippen LogP contribution in [0.1, 0.15) is 12.7 Å². The van der Waals surface area contributed by atoms with E-state index < -0.39 is 0 Å². The van der Waals surface area contributed by atoms with Crippen molar-refractivity contribution >= 4 is 33.6 Å². The molecule has 0 spiro atoms. The Hall–Kier alpha value is -0.710. The third-order valence-electron chi connectivity index (χ3n) is 1.98. The standard InChI is InChI=1S/C11H11IO2/c1-2-13-9-3-4-11-8(5-9)6-10(7-12)14-11/h3-6H,2,7H2,1H3. The Bertz CT molecular complexity index is 434. The zero-order chi connectivity index (χ0) is 9.97. The molecule has 0 atom stereocenters. The first-order chi connectivity index (χ1) is 6.83. The molecule has 1 aromatic carbocycles. The van der Waals surface area contributed by atoms with Crippen molar-refractivity contribution in [2.45, 2.75) is 11.4 Å². The Kier molecular flexibility index (Phi) is 2.96. The highest BCUT2D eigenvalue weighted by molar-refractivity contribution is 14.1. The molecule has 0 amide bonds. The molecule has 0 aliphatic heterocycles. The molecule has 14 heavy (non-hydrogen) atoms. The first-order valence-electron chi connectivity index (χ1n) is 4.54. The maximum absolute atomic E-state index is 5.59. The molecule has 0 N–H and O–H groups in total. The highest BCUT2D eigenvalue weighted by atomic mass is 127. The van der Waals surface area contributed by atoms with E-state index in [9.17, 15) is 0 Å². The van der Waals surface area contributed by atoms with Crippen LogP contribution in [0.5, 0.6) is 5.75 Å². The minimum Gasteiger partial charge on any atom is -0.494 e. The summed E-state index contributed by atoms with van der Waals surface area (Å²) in [6, 6.07) is 7.96. The normalized spacial score (nSPS) is 10.7. The minimum atomic E-state index is 0.697. The number of hydrogen-bond acceptors (Lipinski definition) is 2. The Morgan fingerprint density at radius 3 is 2.93 bits per heavy atom. The molecule has 0 bridgehead atoms. The lowest BCUT2D eigenvalue weighted by atomic mass is 10.2. The molecule has 0 saturated carbocycles. The predicted octanol–water partition coefficient (Wildman–Crippen LogP) is 3.77. The lowest BCUT2D eigenvalue weighted by molar-refractivity contribution is 0.340. The van der Waals surface area contributed by atoms with Crippen molar-refractivity contribution in [1.82, 2.24) is 0 Å². The first-order valence-corrected chi connectivity index (χ1v) is 6.07. The Morgan fingerprint density at radius 1 is 1.36 bits per heavy atom. The van der Waals surface area contributed by atoms with Gasteiger partial charge in [-0.1, -0.05) is 22.6 Å².